The largest absolute Gasteiger partial charge is 0.387 e. The molecule has 110 valence electrons. The number of aromatic nitrogens is 1. The summed E-state index contributed by atoms with van der Waals surface area (Å²) in [5.74, 6) is 0. The summed E-state index contributed by atoms with van der Waals surface area (Å²) in [6, 6.07) is 25.7. The molecule has 0 bridgehead atoms. The number of hydrogen-bond acceptors (Lipinski definition) is 3. The van der Waals surface area contributed by atoms with E-state index in [1.807, 2.05) is 78.9 Å². The van der Waals surface area contributed by atoms with Gasteiger partial charge in [-0.25, -0.2) is 4.98 Å². The summed E-state index contributed by atoms with van der Waals surface area (Å²) in [5.41, 5.74) is 2.01. The van der Waals surface area contributed by atoms with Gasteiger partial charge in [-0.2, -0.15) is 0 Å². The number of pyridine rings is 1. The first-order valence-corrected chi connectivity index (χ1v) is 8.08. The molecule has 1 aromatic heterocycles. The molecule has 22 heavy (non-hydrogen) atoms. The number of aliphatic hydroxyl groups is 1. The first-order chi connectivity index (χ1) is 10.8. The number of rotatable bonds is 5. The van der Waals surface area contributed by atoms with Crippen molar-refractivity contribution in [3.05, 3.63) is 96.2 Å². The summed E-state index contributed by atoms with van der Waals surface area (Å²) >= 11 is 1.58. The highest BCUT2D eigenvalue weighted by atomic mass is 32.2. The molecule has 1 heterocycles. The Balaban J connectivity index is 1.93. The zero-order valence-electron chi connectivity index (χ0n) is 12.0. The third-order valence-electron chi connectivity index (χ3n) is 3.44. The average Bonchev–Trinajstić information content (AvgIpc) is 2.61. The number of hydrogen-bond donors (Lipinski definition) is 1. The smallest absolute Gasteiger partial charge is 0.0966 e. The Hall–Kier alpha value is -2.10. The van der Waals surface area contributed by atoms with Crippen molar-refractivity contribution in [3.8, 4) is 0 Å². The van der Waals surface area contributed by atoms with E-state index in [0.29, 0.717) is 0 Å². The zero-order valence-corrected chi connectivity index (χ0v) is 12.9. The molecule has 0 saturated carbocycles. The van der Waals surface area contributed by atoms with Crippen LogP contribution in [0.25, 0.3) is 0 Å². The first-order valence-electron chi connectivity index (χ1n) is 7.20. The highest BCUT2D eigenvalue weighted by Crippen LogP contribution is 2.43. The molecule has 3 rings (SSSR count). The summed E-state index contributed by atoms with van der Waals surface area (Å²) in [7, 11) is 0. The van der Waals surface area contributed by atoms with Crippen LogP contribution in [-0.4, -0.2) is 10.1 Å². The van der Waals surface area contributed by atoms with Gasteiger partial charge in [0.15, 0.2) is 0 Å². The minimum Gasteiger partial charge on any atom is -0.387 e. The van der Waals surface area contributed by atoms with E-state index in [1.54, 1.807) is 18.0 Å². The standard InChI is InChI=1S/C19H17NOS/c21-18(15-9-3-1-4-10-15)19(16-11-5-2-6-12-16)22-17-13-7-8-14-20-17/h1-14,18-19,21H/t18-,19-/m0/s1. The first kappa shape index (κ1) is 14.8. The maximum Gasteiger partial charge on any atom is 0.0966 e. The Bertz CT molecular complexity index is 688. The molecule has 3 aromatic rings. The topological polar surface area (TPSA) is 33.1 Å². The second-order valence-corrected chi connectivity index (χ2v) is 6.13. The lowest BCUT2D eigenvalue weighted by Gasteiger charge is -2.23. The van der Waals surface area contributed by atoms with E-state index in [4.69, 9.17) is 0 Å². The molecule has 0 radical (unpaired) electrons. The molecule has 3 heteroatoms. The lowest BCUT2D eigenvalue weighted by Crippen LogP contribution is -2.08. The van der Waals surface area contributed by atoms with E-state index < -0.39 is 6.10 Å². The maximum atomic E-state index is 10.8. The number of aliphatic hydroxyl groups excluding tert-OH is 1. The van der Waals surface area contributed by atoms with Gasteiger partial charge in [0.2, 0.25) is 0 Å². The van der Waals surface area contributed by atoms with Crippen molar-refractivity contribution >= 4 is 11.8 Å². The summed E-state index contributed by atoms with van der Waals surface area (Å²) in [5, 5.41) is 11.7. The molecule has 0 fully saturated rings. The van der Waals surface area contributed by atoms with Gasteiger partial charge in [0.05, 0.1) is 16.4 Å². The zero-order chi connectivity index (χ0) is 15.2. The van der Waals surface area contributed by atoms with E-state index in [1.165, 1.54) is 0 Å². The predicted molar refractivity (Wildman–Crippen MR) is 90.7 cm³/mol. The molecule has 0 saturated heterocycles. The second kappa shape index (κ2) is 7.25. The van der Waals surface area contributed by atoms with Crippen molar-refractivity contribution in [1.82, 2.24) is 4.98 Å². The predicted octanol–water partition coefficient (Wildman–Crippen LogP) is 4.65. The molecule has 0 aliphatic rings. The summed E-state index contributed by atoms with van der Waals surface area (Å²) in [4.78, 5) is 4.37. The van der Waals surface area contributed by atoms with E-state index in [0.717, 1.165) is 16.2 Å². The van der Waals surface area contributed by atoms with E-state index in [2.05, 4.69) is 4.98 Å². The molecule has 0 aliphatic heterocycles. The van der Waals surface area contributed by atoms with Gasteiger partial charge in [0, 0.05) is 6.20 Å². The van der Waals surface area contributed by atoms with Crippen LogP contribution >= 0.6 is 11.8 Å². The average molecular weight is 307 g/mol. The van der Waals surface area contributed by atoms with Gasteiger partial charge in [0.25, 0.3) is 0 Å². The van der Waals surface area contributed by atoms with Crippen molar-refractivity contribution < 1.29 is 5.11 Å². The van der Waals surface area contributed by atoms with Gasteiger partial charge in [-0.05, 0) is 23.3 Å². The van der Waals surface area contributed by atoms with E-state index in [-0.39, 0.29) is 5.25 Å². The summed E-state index contributed by atoms with van der Waals surface area (Å²) in [6.07, 6.45) is 1.19. The van der Waals surface area contributed by atoms with Gasteiger partial charge < -0.3 is 5.11 Å². The van der Waals surface area contributed by atoms with Crippen LogP contribution in [0.5, 0.6) is 0 Å². The van der Waals surface area contributed by atoms with Crippen LogP contribution in [0.3, 0.4) is 0 Å². The summed E-state index contributed by atoms with van der Waals surface area (Å²) < 4.78 is 0. The number of thioether (sulfide) groups is 1. The second-order valence-electron chi connectivity index (χ2n) is 4.97. The minimum absolute atomic E-state index is 0.0986. The van der Waals surface area contributed by atoms with Gasteiger partial charge >= 0.3 is 0 Å². The highest BCUT2D eigenvalue weighted by molar-refractivity contribution is 7.99. The fourth-order valence-corrected chi connectivity index (χ4v) is 3.45. The minimum atomic E-state index is -0.587. The van der Waals surface area contributed by atoms with Gasteiger partial charge in [-0.1, -0.05) is 78.5 Å². The SMILES string of the molecule is O[C@@H](c1ccccc1)[C@@H](Sc1ccccn1)c1ccccc1. The van der Waals surface area contributed by atoms with Gasteiger partial charge in [-0.15, -0.1) is 0 Å². The molecule has 0 unspecified atom stereocenters. The Morgan fingerprint density at radius 1 is 0.727 bits per heavy atom. The Kier molecular flexibility index (Phi) is 4.88. The highest BCUT2D eigenvalue weighted by Gasteiger charge is 2.24. The quantitative estimate of drug-likeness (QED) is 0.697. The summed E-state index contributed by atoms with van der Waals surface area (Å²) in [6.45, 7) is 0. The van der Waals surface area contributed by atoms with Crippen LogP contribution in [0.4, 0.5) is 0 Å². The van der Waals surface area contributed by atoms with Crippen LogP contribution in [-0.2, 0) is 0 Å². The van der Waals surface area contributed by atoms with E-state index in [9.17, 15) is 5.11 Å². The van der Waals surface area contributed by atoms with Crippen molar-refractivity contribution in [1.29, 1.82) is 0 Å². The Labute approximate surface area is 134 Å². The molecule has 0 amide bonds. The van der Waals surface area contributed by atoms with Crippen LogP contribution in [0.2, 0.25) is 0 Å². The van der Waals surface area contributed by atoms with Crippen molar-refractivity contribution in [2.45, 2.75) is 16.4 Å². The van der Waals surface area contributed by atoms with Crippen LogP contribution < -0.4 is 0 Å². The molecule has 1 N–H and O–H groups in total. The molecule has 2 atom stereocenters. The molecular weight excluding hydrogens is 290 g/mol. The third-order valence-corrected chi connectivity index (χ3v) is 4.71. The van der Waals surface area contributed by atoms with Crippen molar-refractivity contribution in [2.75, 3.05) is 0 Å². The Morgan fingerprint density at radius 2 is 1.32 bits per heavy atom. The number of benzene rings is 2. The molecule has 2 aromatic carbocycles. The van der Waals surface area contributed by atoms with Crippen molar-refractivity contribution in [2.24, 2.45) is 0 Å². The maximum absolute atomic E-state index is 10.8. The molecular formula is C19H17NOS. The third kappa shape index (κ3) is 3.56. The van der Waals surface area contributed by atoms with E-state index >= 15 is 0 Å². The van der Waals surface area contributed by atoms with Crippen molar-refractivity contribution in [3.63, 3.8) is 0 Å². The van der Waals surface area contributed by atoms with Crippen LogP contribution in [0, 0.1) is 0 Å². The fourth-order valence-electron chi connectivity index (χ4n) is 2.33. The van der Waals surface area contributed by atoms with Crippen LogP contribution in [0.15, 0.2) is 90.1 Å². The van der Waals surface area contributed by atoms with Gasteiger partial charge in [-0.3, -0.25) is 0 Å². The molecule has 0 spiro atoms. The fraction of sp³-hybridized carbons (Fsp3) is 0.105. The monoisotopic (exact) mass is 307 g/mol. The molecule has 2 nitrogen and oxygen atoms in total. The van der Waals surface area contributed by atoms with Gasteiger partial charge in [0.1, 0.15) is 0 Å². The normalized spacial score (nSPS) is 13.5. The lowest BCUT2D eigenvalue weighted by atomic mass is 10.0. The number of nitrogens with zero attached hydrogens (tertiary/aromatic N) is 1. The van der Waals surface area contributed by atoms with Crippen LogP contribution in [0.1, 0.15) is 22.5 Å². The molecule has 0 aliphatic carbocycles. The Morgan fingerprint density at radius 3 is 1.91 bits per heavy atom. The lowest BCUT2D eigenvalue weighted by molar-refractivity contribution is 0.175.